The Labute approximate surface area is 147 Å². The summed E-state index contributed by atoms with van der Waals surface area (Å²) in [5.41, 5.74) is 1.06. The average molecular weight is 370 g/mol. The van der Waals surface area contributed by atoms with E-state index in [0.29, 0.717) is 33.8 Å². The molecule has 0 spiro atoms. The largest absolute Gasteiger partial charge is 0.497 e. The van der Waals surface area contributed by atoms with Crippen LogP contribution < -0.4 is 15.4 Å². The Hall–Kier alpha value is -2.35. The lowest BCUT2D eigenvalue weighted by Gasteiger charge is -2.13. The molecule has 0 saturated heterocycles. The van der Waals surface area contributed by atoms with Crippen molar-refractivity contribution in [3.8, 4) is 5.75 Å². The van der Waals surface area contributed by atoms with Gasteiger partial charge in [-0.25, -0.2) is 0 Å². The number of amides is 1. The summed E-state index contributed by atoms with van der Waals surface area (Å²) in [7, 11) is 1.53. The summed E-state index contributed by atoms with van der Waals surface area (Å²) in [6.45, 7) is -0.0686. The Morgan fingerprint density at radius 3 is 2.64 bits per heavy atom. The second-order valence-electron chi connectivity index (χ2n) is 5.03. The summed E-state index contributed by atoms with van der Waals surface area (Å²) in [6, 6.07) is 13.4. The van der Waals surface area contributed by atoms with Crippen LogP contribution in [0.5, 0.6) is 5.75 Å². The van der Waals surface area contributed by atoms with E-state index in [4.69, 9.17) is 4.74 Å². The number of nitrogens with one attached hydrogen (secondary N) is 2. The minimum absolute atomic E-state index is 0.0686. The highest BCUT2D eigenvalue weighted by Gasteiger charge is 2.27. The zero-order valence-corrected chi connectivity index (χ0v) is 14.2. The Kier molecular flexibility index (Phi) is 6.58. The highest BCUT2D eigenvalue weighted by molar-refractivity contribution is 7.99. The van der Waals surface area contributed by atoms with E-state index >= 15 is 0 Å². The van der Waals surface area contributed by atoms with Crippen LogP contribution in [0.2, 0.25) is 0 Å². The summed E-state index contributed by atoms with van der Waals surface area (Å²) in [5.74, 6) is -0.689. The van der Waals surface area contributed by atoms with Crippen LogP contribution in [-0.4, -0.2) is 31.5 Å². The number of carbonyl (C=O) groups is 1. The number of alkyl halides is 3. The number of halogens is 3. The van der Waals surface area contributed by atoms with Gasteiger partial charge in [-0.2, -0.15) is 13.2 Å². The predicted octanol–water partition coefficient (Wildman–Crippen LogP) is 4.40. The molecular weight excluding hydrogens is 353 g/mol. The van der Waals surface area contributed by atoms with E-state index in [9.17, 15) is 18.0 Å². The molecule has 0 aliphatic heterocycles. The van der Waals surface area contributed by atoms with Crippen molar-refractivity contribution in [1.82, 2.24) is 0 Å². The molecule has 2 N–H and O–H groups in total. The fourth-order valence-corrected chi connectivity index (χ4v) is 2.77. The molecule has 0 saturated carbocycles. The number of thioether (sulfide) groups is 1. The minimum Gasteiger partial charge on any atom is -0.497 e. The Bertz CT molecular complexity index is 723. The van der Waals surface area contributed by atoms with Crippen molar-refractivity contribution < 1.29 is 22.7 Å². The molecular formula is C17H17F3N2O2S. The van der Waals surface area contributed by atoms with Gasteiger partial charge in [0.05, 0.1) is 19.4 Å². The van der Waals surface area contributed by atoms with Gasteiger partial charge >= 0.3 is 6.18 Å². The summed E-state index contributed by atoms with van der Waals surface area (Å²) in [5, 5.41) is 5.56. The second-order valence-corrected chi connectivity index (χ2v) is 6.05. The number of hydrogen-bond acceptors (Lipinski definition) is 4. The van der Waals surface area contributed by atoms with Crippen LogP contribution in [0, 0.1) is 0 Å². The highest BCUT2D eigenvalue weighted by atomic mass is 32.2. The summed E-state index contributed by atoms with van der Waals surface area (Å²) in [4.78, 5) is 12.5. The third kappa shape index (κ3) is 6.58. The number of hydrogen-bond donors (Lipinski definition) is 2. The molecule has 0 aliphatic rings. The van der Waals surface area contributed by atoms with E-state index in [2.05, 4.69) is 10.6 Å². The number of anilines is 2. The van der Waals surface area contributed by atoms with Gasteiger partial charge in [0.15, 0.2) is 0 Å². The van der Waals surface area contributed by atoms with E-state index in [1.165, 1.54) is 7.11 Å². The molecule has 2 aromatic carbocycles. The van der Waals surface area contributed by atoms with Gasteiger partial charge < -0.3 is 15.4 Å². The summed E-state index contributed by atoms with van der Waals surface area (Å²) < 4.78 is 42.2. The highest BCUT2D eigenvalue weighted by Crippen LogP contribution is 2.32. The zero-order valence-electron chi connectivity index (χ0n) is 13.4. The maximum absolute atomic E-state index is 12.4. The number of methoxy groups -OCH3 is 1. The maximum Gasteiger partial charge on any atom is 0.398 e. The van der Waals surface area contributed by atoms with Crippen LogP contribution in [0.4, 0.5) is 24.5 Å². The molecule has 8 heteroatoms. The van der Waals surface area contributed by atoms with Crippen molar-refractivity contribution in [2.75, 3.05) is 30.0 Å². The van der Waals surface area contributed by atoms with Gasteiger partial charge in [0, 0.05) is 22.3 Å². The molecule has 0 bridgehead atoms. The summed E-state index contributed by atoms with van der Waals surface area (Å²) >= 11 is 0.679. The number of benzene rings is 2. The molecule has 4 nitrogen and oxygen atoms in total. The summed E-state index contributed by atoms with van der Waals surface area (Å²) in [6.07, 6.45) is -4.25. The smallest absolute Gasteiger partial charge is 0.398 e. The monoisotopic (exact) mass is 370 g/mol. The minimum atomic E-state index is -4.25. The number of ether oxygens (including phenoxy) is 1. The van der Waals surface area contributed by atoms with Crippen molar-refractivity contribution in [1.29, 1.82) is 0 Å². The third-order valence-corrected chi connectivity index (χ3v) is 4.21. The third-order valence-electron chi connectivity index (χ3n) is 3.07. The van der Waals surface area contributed by atoms with Crippen molar-refractivity contribution in [3.05, 3.63) is 48.5 Å². The first-order valence-electron chi connectivity index (χ1n) is 7.34. The second kappa shape index (κ2) is 8.66. The predicted molar refractivity (Wildman–Crippen MR) is 93.3 cm³/mol. The van der Waals surface area contributed by atoms with Gasteiger partial charge in [-0.15, -0.1) is 11.8 Å². The maximum atomic E-state index is 12.4. The van der Waals surface area contributed by atoms with Crippen LogP contribution in [0.25, 0.3) is 0 Å². The normalized spacial score (nSPS) is 11.0. The van der Waals surface area contributed by atoms with Gasteiger partial charge in [-0.3, -0.25) is 4.79 Å². The first-order valence-corrected chi connectivity index (χ1v) is 8.32. The number of rotatable bonds is 7. The van der Waals surface area contributed by atoms with Gasteiger partial charge in [-0.1, -0.05) is 18.2 Å². The number of carbonyl (C=O) groups excluding carboxylic acids is 1. The van der Waals surface area contributed by atoms with E-state index in [-0.39, 0.29) is 12.5 Å². The van der Waals surface area contributed by atoms with Gasteiger partial charge in [0.1, 0.15) is 5.75 Å². The molecule has 0 aromatic heterocycles. The SMILES string of the molecule is COc1cccc(NC(=O)CNc2ccccc2SCC(F)(F)F)c1. The Balaban J connectivity index is 1.93. The van der Waals surface area contributed by atoms with Crippen molar-refractivity contribution in [2.24, 2.45) is 0 Å². The zero-order chi connectivity index (χ0) is 18.3. The molecule has 0 aliphatic carbocycles. The Morgan fingerprint density at radius 1 is 1.16 bits per heavy atom. The van der Waals surface area contributed by atoms with Crippen LogP contribution in [0.3, 0.4) is 0 Å². The lowest BCUT2D eigenvalue weighted by atomic mass is 10.3. The van der Waals surface area contributed by atoms with E-state index in [1.54, 1.807) is 48.5 Å². The van der Waals surface area contributed by atoms with Gasteiger partial charge in [-0.05, 0) is 24.3 Å². The standard InChI is InChI=1S/C17H17F3N2O2S/c1-24-13-6-4-5-12(9-13)22-16(23)10-21-14-7-2-3-8-15(14)25-11-17(18,19)20/h2-9,21H,10-11H2,1H3,(H,22,23). The molecule has 134 valence electrons. The van der Waals surface area contributed by atoms with E-state index in [0.717, 1.165) is 0 Å². The average Bonchev–Trinajstić information content (AvgIpc) is 2.58. The van der Waals surface area contributed by atoms with Crippen LogP contribution >= 0.6 is 11.8 Å². The van der Waals surface area contributed by atoms with Crippen LogP contribution in [-0.2, 0) is 4.79 Å². The number of para-hydroxylation sites is 1. The topological polar surface area (TPSA) is 50.4 Å². The van der Waals surface area contributed by atoms with Gasteiger partial charge in [0.2, 0.25) is 5.91 Å². The van der Waals surface area contributed by atoms with Gasteiger partial charge in [0.25, 0.3) is 0 Å². The molecule has 0 atom stereocenters. The van der Waals surface area contributed by atoms with Crippen molar-refractivity contribution >= 4 is 29.0 Å². The fourth-order valence-electron chi connectivity index (χ4n) is 1.98. The Morgan fingerprint density at radius 2 is 1.92 bits per heavy atom. The van der Waals surface area contributed by atoms with Crippen molar-refractivity contribution in [3.63, 3.8) is 0 Å². The van der Waals surface area contributed by atoms with E-state index in [1.807, 2.05) is 0 Å². The lowest BCUT2D eigenvalue weighted by Crippen LogP contribution is -2.22. The molecule has 2 aromatic rings. The quantitative estimate of drug-likeness (QED) is 0.710. The molecule has 1 amide bonds. The lowest BCUT2D eigenvalue weighted by molar-refractivity contribution is -0.114. The van der Waals surface area contributed by atoms with Crippen LogP contribution in [0.1, 0.15) is 0 Å². The molecule has 25 heavy (non-hydrogen) atoms. The molecule has 0 fully saturated rings. The molecule has 0 heterocycles. The molecule has 2 rings (SSSR count). The van der Waals surface area contributed by atoms with Crippen LogP contribution in [0.15, 0.2) is 53.4 Å². The van der Waals surface area contributed by atoms with E-state index < -0.39 is 11.9 Å². The first kappa shape index (κ1) is 19.0. The molecule has 0 radical (unpaired) electrons. The van der Waals surface area contributed by atoms with Crippen molar-refractivity contribution in [2.45, 2.75) is 11.1 Å². The fraction of sp³-hybridized carbons (Fsp3) is 0.235. The molecule has 0 unspecified atom stereocenters. The first-order chi connectivity index (χ1) is 11.9.